The fraction of sp³-hybridized carbons (Fsp3) is 0.389. The fourth-order valence-electron chi connectivity index (χ4n) is 2.35. The Bertz CT molecular complexity index is 776. The molecule has 8 heteroatoms. The van der Waals surface area contributed by atoms with Gasteiger partial charge in [0.05, 0.1) is 32.6 Å². The third-order valence-electron chi connectivity index (χ3n) is 3.70. The molecular weight excluding hydrogens is 354 g/mol. The first-order chi connectivity index (χ1) is 12.4. The highest BCUT2D eigenvalue weighted by molar-refractivity contribution is 8.13. The van der Waals surface area contributed by atoms with Crippen LogP contribution in [0.3, 0.4) is 0 Å². The van der Waals surface area contributed by atoms with Gasteiger partial charge in [-0.3, -0.25) is 14.3 Å². The fourth-order valence-corrected chi connectivity index (χ4v) is 2.99. The van der Waals surface area contributed by atoms with Crippen LogP contribution in [0.1, 0.15) is 19.4 Å². The first-order valence-electron chi connectivity index (χ1n) is 8.11. The number of carbonyl (C=O) groups excluding carboxylic acids is 2. The normalized spacial score (nSPS) is 11.7. The van der Waals surface area contributed by atoms with Crippen LogP contribution in [-0.2, 0) is 16.1 Å². The van der Waals surface area contributed by atoms with Gasteiger partial charge in [0.1, 0.15) is 0 Å². The lowest BCUT2D eigenvalue weighted by atomic mass is 10.2. The van der Waals surface area contributed by atoms with Gasteiger partial charge in [0.25, 0.3) is 0 Å². The summed E-state index contributed by atoms with van der Waals surface area (Å²) < 4.78 is 12.4. The number of amides is 1. The van der Waals surface area contributed by atoms with Crippen molar-refractivity contribution >= 4 is 28.5 Å². The molecule has 0 saturated heterocycles. The maximum atomic E-state index is 12.2. The van der Waals surface area contributed by atoms with Gasteiger partial charge in [-0.1, -0.05) is 30.8 Å². The van der Waals surface area contributed by atoms with Crippen molar-refractivity contribution in [2.24, 2.45) is 5.92 Å². The molecule has 0 aliphatic rings. The predicted molar refractivity (Wildman–Crippen MR) is 102 cm³/mol. The molecule has 2 aromatic rings. The van der Waals surface area contributed by atoms with Gasteiger partial charge in [-0.2, -0.15) is 5.10 Å². The van der Waals surface area contributed by atoms with Crippen molar-refractivity contribution in [2.75, 3.05) is 25.3 Å². The Morgan fingerprint density at radius 3 is 2.73 bits per heavy atom. The minimum Gasteiger partial charge on any atom is -0.493 e. The Balaban J connectivity index is 2.02. The van der Waals surface area contributed by atoms with E-state index in [4.69, 9.17) is 9.47 Å². The summed E-state index contributed by atoms with van der Waals surface area (Å²) in [5, 5.41) is 7.10. The van der Waals surface area contributed by atoms with E-state index >= 15 is 0 Å². The number of carbonyl (C=O) groups is 2. The molecule has 0 unspecified atom stereocenters. The Morgan fingerprint density at radius 2 is 2.08 bits per heavy atom. The van der Waals surface area contributed by atoms with E-state index < -0.39 is 0 Å². The van der Waals surface area contributed by atoms with Gasteiger partial charge in [0.2, 0.25) is 5.91 Å². The number of benzene rings is 1. The van der Waals surface area contributed by atoms with Crippen molar-refractivity contribution in [1.29, 1.82) is 0 Å². The molecule has 0 saturated carbocycles. The van der Waals surface area contributed by atoms with Crippen LogP contribution in [0, 0.1) is 5.92 Å². The third-order valence-corrected chi connectivity index (χ3v) is 4.77. The van der Waals surface area contributed by atoms with Crippen LogP contribution in [-0.4, -0.2) is 40.8 Å². The monoisotopic (exact) mass is 377 g/mol. The van der Waals surface area contributed by atoms with Crippen molar-refractivity contribution in [3.63, 3.8) is 0 Å². The van der Waals surface area contributed by atoms with E-state index in [1.807, 2.05) is 18.2 Å². The standard InChI is InChI=1S/C18H23N3O4S/c1-12(11-26-13(2)22)18(23)20-15-8-19-21(10-15)9-14-6-5-7-16(24-3)17(14)25-4/h5-8,10,12H,9,11H2,1-4H3,(H,20,23)/t12-/m0/s1. The second-order valence-corrected chi connectivity index (χ2v) is 6.97. The van der Waals surface area contributed by atoms with E-state index in [0.717, 1.165) is 17.3 Å². The molecule has 7 nitrogen and oxygen atoms in total. The average molecular weight is 377 g/mol. The van der Waals surface area contributed by atoms with Crippen LogP contribution in [0.15, 0.2) is 30.6 Å². The molecule has 0 fully saturated rings. The Hall–Kier alpha value is -2.48. The maximum absolute atomic E-state index is 12.2. The molecule has 140 valence electrons. The molecule has 2 rings (SSSR count). The molecule has 1 heterocycles. The summed E-state index contributed by atoms with van der Waals surface area (Å²) in [6, 6.07) is 5.65. The molecule has 0 aliphatic heterocycles. The van der Waals surface area contributed by atoms with Crippen LogP contribution in [0.4, 0.5) is 5.69 Å². The first-order valence-corrected chi connectivity index (χ1v) is 9.09. The van der Waals surface area contributed by atoms with Gasteiger partial charge in [0.15, 0.2) is 16.6 Å². The number of anilines is 1. The number of hydrogen-bond acceptors (Lipinski definition) is 6. The van der Waals surface area contributed by atoms with Crippen LogP contribution in [0.25, 0.3) is 0 Å². The zero-order valence-corrected chi connectivity index (χ0v) is 16.1. The van der Waals surface area contributed by atoms with Crippen molar-refractivity contribution < 1.29 is 19.1 Å². The van der Waals surface area contributed by atoms with E-state index in [1.54, 1.807) is 38.2 Å². The minimum atomic E-state index is -0.272. The van der Waals surface area contributed by atoms with Gasteiger partial charge in [-0.05, 0) is 6.07 Å². The topological polar surface area (TPSA) is 82.5 Å². The number of methoxy groups -OCH3 is 2. The van der Waals surface area contributed by atoms with Crippen LogP contribution < -0.4 is 14.8 Å². The highest BCUT2D eigenvalue weighted by Crippen LogP contribution is 2.31. The molecule has 26 heavy (non-hydrogen) atoms. The summed E-state index contributed by atoms with van der Waals surface area (Å²) in [5.41, 5.74) is 1.52. The Morgan fingerprint density at radius 1 is 1.31 bits per heavy atom. The van der Waals surface area contributed by atoms with E-state index in [1.165, 1.54) is 6.92 Å². The molecular formula is C18H23N3O4S. The van der Waals surface area contributed by atoms with Gasteiger partial charge in [-0.15, -0.1) is 0 Å². The van der Waals surface area contributed by atoms with E-state index in [2.05, 4.69) is 10.4 Å². The largest absolute Gasteiger partial charge is 0.493 e. The third kappa shape index (κ3) is 5.26. The van der Waals surface area contributed by atoms with E-state index in [-0.39, 0.29) is 16.9 Å². The zero-order valence-electron chi connectivity index (χ0n) is 15.3. The molecule has 0 radical (unpaired) electrons. The molecule has 1 amide bonds. The van der Waals surface area contributed by atoms with E-state index in [0.29, 0.717) is 29.5 Å². The predicted octanol–water partition coefficient (Wildman–Crippen LogP) is 2.80. The minimum absolute atomic E-state index is 0.00436. The SMILES string of the molecule is COc1cccc(Cn2cc(NC(=O)[C@@H](C)CSC(C)=O)cn2)c1OC. The second kappa shape index (κ2) is 9.28. The van der Waals surface area contributed by atoms with Crippen molar-refractivity contribution in [3.05, 3.63) is 36.2 Å². The number of nitrogens with one attached hydrogen (secondary N) is 1. The summed E-state index contributed by atoms with van der Waals surface area (Å²) in [6.45, 7) is 3.76. The average Bonchev–Trinajstić information content (AvgIpc) is 3.05. The number of rotatable bonds is 8. The molecule has 1 aromatic heterocycles. The lowest BCUT2D eigenvalue weighted by Crippen LogP contribution is -2.22. The van der Waals surface area contributed by atoms with Crippen molar-refractivity contribution in [2.45, 2.75) is 20.4 Å². The number of thioether (sulfide) groups is 1. The number of nitrogens with zero attached hydrogens (tertiary/aromatic N) is 2. The zero-order chi connectivity index (χ0) is 19.1. The lowest BCUT2D eigenvalue weighted by molar-refractivity contribution is -0.118. The number of para-hydroxylation sites is 1. The van der Waals surface area contributed by atoms with Gasteiger partial charge in [0, 0.05) is 30.4 Å². The highest BCUT2D eigenvalue weighted by atomic mass is 32.2. The van der Waals surface area contributed by atoms with Crippen LogP contribution in [0.5, 0.6) is 11.5 Å². The number of aromatic nitrogens is 2. The van der Waals surface area contributed by atoms with Gasteiger partial charge < -0.3 is 14.8 Å². The second-order valence-electron chi connectivity index (χ2n) is 5.77. The first kappa shape index (κ1) is 19.8. The number of ether oxygens (including phenoxy) is 2. The summed E-state index contributed by atoms with van der Waals surface area (Å²) in [4.78, 5) is 23.2. The molecule has 0 spiro atoms. The number of hydrogen-bond donors (Lipinski definition) is 1. The molecule has 0 aliphatic carbocycles. The quantitative estimate of drug-likeness (QED) is 0.762. The summed E-state index contributed by atoms with van der Waals surface area (Å²) in [6.07, 6.45) is 3.34. The molecule has 1 N–H and O–H groups in total. The molecule has 0 bridgehead atoms. The Labute approximate surface area is 157 Å². The maximum Gasteiger partial charge on any atom is 0.228 e. The summed E-state index contributed by atoms with van der Waals surface area (Å²) >= 11 is 1.15. The Kier molecular flexibility index (Phi) is 7.08. The van der Waals surface area contributed by atoms with Gasteiger partial charge >= 0.3 is 0 Å². The van der Waals surface area contributed by atoms with Crippen molar-refractivity contribution in [1.82, 2.24) is 9.78 Å². The highest BCUT2D eigenvalue weighted by Gasteiger charge is 2.15. The van der Waals surface area contributed by atoms with Gasteiger partial charge in [-0.25, -0.2) is 0 Å². The van der Waals surface area contributed by atoms with Crippen molar-refractivity contribution in [3.8, 4) is 11.5 Å². The molecule has 1 aromatic carbocycles. The van der Waals surface area contributed by atoms with E-state index in [9.17, 15) is 9.59 Å². The summed E-state index contributed by atoms with van der Waals surface area (Å²) in [5.74, 6) is 1.35. The summed E-state index contributed by atoms with van der Waals surface area (Å²) in [7, 11) is 3.19. The van der Waals surface area contributed by atoms with Crippen LogP contribution in [0.2, 0.25) is 0 Å². The smallest absolute Gasteiger partial charge is 0.228 e. The van der Waals surface area contributed by atoms with Crippen LogP contribution >= 0.6 is 11.8 Å². The molecule has 1 atom stereocenters. The lowest BCUT2D eigenvalue weighted by Gasteiger charge is -2.12.